The summed E-state index contributed by atoms with van der Waals surface area (Å²) in [6, 6.07) is 5.44. The standard InChI is InChI=1S/C13H17N3O2S/c14-9-3-4-11-12(8-9)16-13(15-11)19(17)7-5-10-2-1-6-18-10/h3-4,8,10H,1-2,5-7,14H2,(H,15,16). The van der Waals surface area contributed by atoms with E-state index in [4.69, 9.17) is 10.5 Å². The van der Waals surface area contributed by atoms with Gasteiger partial charge in [-0.05, 0) is 37.5 Å². The third kappa shape index (κ3) is 2.79. The van der Waals surface area contributed by atoms with Crippen LogP contribution < -0.4 is 5.73 Å². The molecule has 0 aliphatic carbocycles. The van der Waals surface area contributed by atoms with E-state index < -0.39 is 10.8 Å². The number of hydrogen-bond donors (Lipinski definition) is 2. The number of nitrogens with one attached hydrogen (secondary N) is 1. The maximum absolute atomic E-state index is 12.2. The minimum absolute atomic E-state index is 0.268. The molecule has 19 heavy (non-hydrogen) atoms. The third-order valence-corrected chi connectivity index (χ3v) is 4.58. The minimum atomic E-state index is -1.11. The second kappa shape index (κ2) is 5.30. The average molecular weight is 279 g/mol. The van der Waals surface area contributed by atoms with Crippen LogP contribution in [0.25, 0.3) is 11.0 Å². The van der Waals surface area contributed by atoms with Gasteiger partial charge in [0.15, 0.2) is 5.16 Å². The van der Waals surface area contributed by atoms with Crippen LogP contribution in [0.5, 0.6) is 0 Å². The number of nitrogen functional groups attached to an aromatic ring is 1. The van der Waals surface area contributed by atoms with Crippen molar-refractivity contribution in [3.8, 4) is 0 Å². The molecule has 0 saturated carbocycles. The number of nitrogens with two attached hydrogens (primary N) is 1. The summed E-state index contributed by atoms with van der Waals surface area (Å²) in [6.07, 6.45) is 3.28. The number of hydrogen-bond acceptors (Lipinski definition) is 4. The lowest BCUT2D eigenvalue weighted by atomic mass is 10.2. The molecule has 2 unspecified atom stereocenters. The molecule has 0 spiro atoms. The van der Waals surface area contributed by atoms with E-state index in [0.717, 1.165) is 36.9 Å². The van der Waals surface area contributed by atoms with Crippen molar-refractivity contribution in [1.82, 2.24) is 9.97 Å². The van der Waals surface area contributed by atoms with Crippen LogP contribution in [0, 0.1) is 0 Å². The van der Waals surface area contributed by atoms with E-state index in [1.165, 1.54) is 0 Å². The van der Waals surface area contributed by atoms with Crippen molar-refractivity contribution in [2.45, 2.75) is 30.5 Å². The molecule has 2 atom stereocenters. The number of benzene rings is 1. The molecule has 1 aliphatic rings. The van der Waals surface area contributed by atoms with Gasteiger partial charge in [0.05, 0.1) is 27.9 Å². The van der Waals surface area contributed by atoms with E-state index in [1.54, 1.807) is 6.07 Å². The lowest BCUT2D eigenvalue weighted by Crippen LogP contribution is -2.11. The highest BCUT2D eigenvalue weighted by atomic mass is 32.2. The SMILES string of the molecule is Nc1ccc2nc(S(=O)CCC3CCCO3)[nH]c2c1. The lowest BCUT2D eigenvalue weighted by Gasteiger charge is -2.07. The summed E-state index contributed by atoms with van der Waals surface area (Å²) >= 11 is 0. The third-order valence-electron chi connectivity index (χ3n) is 3.35. The Morgan fingerprint density at radius 2 is 2.42 bits per heavy atom. The monoisotopic (exact) mass is 279 g/mol. The molecule has 102 valence electrons. The second-order valence-corrected chi connectivity index (χ2v) is 6.28. The van der Waals surface area contributed by atoms with Crippen molar-refractivity contribution < 1.29 is 8.95 Å². The van der Waals surface area contributed by atoms with Gasteiger partial charge in [-0.15, -0.1) is 0 Å². The Labute approximate surface area is 114 Å². The van der Waals surface area contributed by atoms with Gasteiger partial charge in [-0.25, -0.2) is 4.98 Å². The molecule has 1 fully saturated rings. The van der Waals surface area contributed by atoms with E-state index in [1.807, 2.05) is 12.1 Å². The summed E-state index contributed by atoms with van der Waals surface area (Å²) in [6.45, 7) is 0.835. The highest BCUT2D eigenvalue weighted by Gasteiger charge is 2.18. The Morgan fingerprint density at radius 3 is 3.21 bits per heavy atom. The van der Waals surface area contributed by atoms with E-state index >= 15 is 0 Å². The van der Waals surface area contributed by atoms with Crippen LogP contribution in [-0.2, 0) is 15.5 Å². The Kier molecular flexibility index (Phi) is 3.52. The van der Waals surface area contributed by atoms with Crippen LogP contribution >= 0.6 is 0 Å². The van der Waals surface area contributed by atoms with Crippen molar-refractivity contribution in [2.75, 3.05) is 18.1 Å². The van der Waals surface area contributed by atoms with Crippen LogP contribution in [0.15, 0.2) is 23.4 Å². The highest BCUT2D eigenvalue weighted by Crippen LogP contribution is 2.19. The van der Waals surface area contributed by atoms with Gasteiger partial charge in [-0.1, -0.05) is 0 Å². The molecule has 1 aromatic heterocycles. The molecule has 2 heterocycles. The molecular formula is C13H17N3O2S. The van der Waals surface area contributed by atoms with Crippen LogP contribution in [0.3, 0.4) is 0 Å². The zero-order chi connectivity index (χ0) is 13.2. The fourth-order valence-electron chi connectivity index (χ4n) is 2.32. The van der Waals surface area contributed by atoms with Crippen LogP contribution in [0.4, 0.5) is 5.69 Å². The van der Waals surface area contributed by atoms with E-state index in [0.29, 0.717) is 16.6 Å². The first kappa shape index (κ1) is 12.6. The van der Waals surface area contributed by atoms with Crippen molar-refractivity contribution in [3.63, 3.8) is 0 Å². The predicted octanol–water partition coefficient (Wildman–Crippen LogP) is 1.82. The van der Waals surface area contributed by atoms with Gasteiger partial charge in [0.1, 0.15) is 0 Å². The van der Waals surface area contributed by atoms with Gasteiger partial charge in [-0.3, -0.25) is 4.21 Å². The molecule has 0 radical (unpaired) electrons. The molecule has 6 heteroatoms. The number of H-pyrrole nitrogens is 1. The van der Waals surface area contributed by atoms with Crippen molar-refractivity contribution in [1.29, 1.82) is 0 Å². The first-order valence-corrected chi connectivity index (χ1v) is 7.79. The van der Waals surface area contributed by atoms with Crippen LogP contribution in [-0.4, -0.2) is 32.6 Å². The maximum Gasteiger partial charge on any atom is 0.197 e. The first-order valence-electron chi connectivity index (χ1n) is 6.47. The fraction of sp³-hybridized carbons (Fsp3) is 0.462. The molecular weight excluding hydrogens is 262 g/mol. The largest absolute Gasteiger partial charge is 0.399 e. The van der Waals surface area contributed by atoms with Crippen molar-refractivity contribution in [2.24, 2.45) is 0 Å². The lowest BCUT2D eigenvalue weighted by molar-refractivity contribution is 0.109. The van der Waals surface area contributed by atoms with Gasteiger partial charge < -0.3 is 15.5 Å². The fourth-order valence-corrected chi connectivity index (χ4v) is 3.41. The highest BCUT2D eigenvalue weighted by molar-refractivity contribution is 7.84. The number of anilines is 1. The summed E-state index contributed by atoms with van der Waals surface area (Å²) in [7, 11) is -1.11. The zero-order valence-electron chi connectivity index (χ0n) is 10.6. The molecule has 3 rings (SSSR count). The van der Waals surface area contributed by atoms with Crippen LogP contribution in [0.2, 0.25) is 0 Å². The summed E-state index contributed by atoms with van der Waals surface area (Å²) in [5.41, 5.74) is 8.02. The Balaban J connectivity index is 1.70. The van der Waals surface area contributed by atoms with Gasteiger partial charge in [0, 0.05) is 18.0 Å². The summed E-state index contributed by atoms with van der Waals surface area (Å²) < 4.78 is 17.7. The van der Waals surface area contributed by atoms with Crippen molar-refractivity contribution in [3.05, 3.63) is 18.2 Å². The number of ether oxygens (including phenoxy) is 1. The molecule has 1 aromatic carbocycles. The smallest absolute Gasteiger partial charge is 0.197 e. The van der Waals surface area contributed by atoms with E-state index in [9.17, 15) is 4.21 Å². The van der Waals surface area contributed by atoms with Gasteiger partial charge >= 0.3 is 0 Å². The first-order chi connectivity index (χ1) is 9.22. The van der Waals surface area contributed by atoms with Gasteiger partial charge in [0.25, 0.3) is 0 Å². The molecule has 1 saturated heterocycles. The Bertz CT molecular complexity index is 605. The average Bonchev–Trinajstić information content (AvgIpc) is 3.04. The summed E-state index contributed by atoms with van der Waals surface area (Å²) in [4.78, 5) is 7.43. The molecule has 2 aromatic rings. The van der Waals surface area contributed by atoms with E-state index in [-0.39, 0.29) is 6.10 Å². The zero-order valence-corrected chi connectivity index (χ0v) is 11.4. The van der Waals surface area contributed by atoms with Crippen molar-refractivity contribution >= 4 is 27.5 Å². The maximum atomic E-state index is 12.2. The minimum Gasteiger partial charge on any atom is -0.399 e. The normalized spacial score (nSPS) is 20.9. The van der Waals surface area contributed by atoms with Gasteiger partial charge in [0.2, 0.25) is 0 Å². The summed E-state index contributed by atoms with van der Waals surface area (Å²) in [5.74, 6) is 0.583. The Morgan fingerprint density at radius 1 is 1.53 bits per heavy atom. The number of imidazole rings is 1. The topological polar surface area (TPSA) is 81.0 Å². The van der Waals surface area contributed by atoms with Gasteiger partial charge in [-0.2, -0.15) is 0 Å². The summed E-state index contributed by atoms with van der Waals surface area (Å²) in [5, 5.41) is 0.526. The number of fused-ring (bicyclic) bond motifs is 1. The number of rotatable bonds is 4. The van der Waals surface area contributed by atoms with E-state index in [2.05, 4.69) is 9.97 Å². The number of nitrogens with zero attached hydrogens (tertiary/aromatic N) is 1. The predicted molar refractivity (Wildman–Crippen MR) is 75.4 cm³/mol. The van der Waals surface area contributed by atoms with Crippen LogP contribution in [0.1, 0.15) is 19.3 Å². The number of aromatic amines is 1. The Hall–Kier alpha value is -1.40. The molecule has 5 nitrogen and oxygen atoms in total. The molecule has 3 N–H and O–H groups in total. The molecule has 0 bridgehead atoms. The second-order valence-electron chi connectivity index (χ2n) is 4.79. The molecule has 0 amide bonds. The quantitative estimate of drug-likeness (QED) is 0.837. The molecule has 1 aliphatic heterocycles. The number of aromatic nitrogens is 2.